The molecule has 20 heavy (non-hydrogen) atoms. The second-order valence-electron chi connectivity index (χ2n) is 4.67. The number of nitrogens with two attached hydrogens (primary N) is 1. The maximum atomic E-state index is 12.9. The molecule has 3 nitrogen and oxygen atoms in total. The molecule has 0 aliphatic carbocycles. The molecule has 0 bridgehead atoms. The first-order valence-corrected chi connectivity index (χ1v) is 6.61. The summed E-state index contributed by atoms with van der Waals surface area (Å²) < 4.78 is 12.9. The first kappa shape index (κ1) is 14.4. The average molecular weight is 289 g/mol. The van der Waals surface area contributed by atoms with E-state index in [0.29, 0.717) is 11.5 Å². The molecule has 0 radical (unpaired) electrons. The van der Waals surface area contributed by atoms with Crippen molar-refractivity contribution in [3.63, 3.8) is 0 Å². The molecule has 0 saturated heterocycles. The molecule has 0 fully saturated rings. The molecule has 1 aromatic heterocycles. The van der Waals surface area contributed by atoms with Gasteiger partial charge in [-0.1, -0.05) is 24.4 Å². The van der Waals surface area contributed by atoms with Crippen LogP contribution in [0, 0.1) is 12.7 Å². The highest BCUT2D eigenvalue weighted by Crippen LogP contribution is 2.19. The molecule has 2 rings (SSSR count). The lowest BCUT2D eigenvalue weighted by molar-refractivity contribution is 0.627. The van der Waals surface area contributed by atoms with Crippen molar-refractivity contribution in [2.75, 3.05) is 11.9 Å². The van der Waals surface area contributed by atoms with Crippen molar-refractivity contribution in [1.82, 2.24) is 4.98 Å². The molecule has 0 atom stereocenters. The van der Waals surface area contributed by atoms with E-state index in [2.05, 4.69) is 4.98 Å². The maximum Gasteiger partial charge on any atom is 0.139 e. The van der Waals surface area contributed by atoms with Crippen molar-refractivity contribution in [3.05, 3.63) is 59.0 Å². The lowest BCUT2D eigenvalue weighted by Crippen LogP contribution is -2.23. The Bertz CT molecular complexity index is 626. The van der Waals surface area contributed by atoms with Crippen molar-refractivity contribution in [2.24, 2.45) is 5.73 Å². The zero-order chi connectivity index (χ0) is 14.7. The van der Waals surface area contributed by atoms with Crippen molar-refractivity contribution < 1.29 is 4.39 Å². The molecule has 2 N–H and O–H groups in total. The molecule has 0 aliphatic rings. The minimum atomic E-state index is -0.242. The van der Waals surface area contributed by atoms with Gasteiger partial charge in [0.25, 0.3) is 0 Å². The van der Waals surface area contributed by atoms with Crippen LogP contribution in [0.4, 0.5) is 10.2 Å². The van der Waals surface area contributed by atoms with Gasteiger partial charge in [-0.25, -0.2) is 9.37 Å². The minimum Gasteiger partial charge on any atom is -0.389 e. The Morgan fingerprint density at radius 1 is 1.25 bits per heavy atom. The lowest BCUT2D eigenvalue weighted by atomic mass is 10.2. The van der Waals surface area contributed by atoms with E-state index < -0.39 is 0 Å². The fourth-order valence-corrected chi connectivity index (χ4v) is 2.12. The summed E-state index contributed by atoms with van der Waals surface area (Å²) in [4.78, 5) is 6.76. The molecule has 5 heteroatoms. The number of aromatic nitrogens is 1. The standard InChI is InChI=1S/C15H16FN3S/c1-10-3-8-13(14(17)20)15(18-10)19(2)9-11-4-6-12(16)7-5-11/h3-8H,9H2,1-2H3,(H2,17,20). The first-order valence-electron chi connectivity index (χ1n) is 6.20. The number of benzene rings is 1. The highest BCUT2D eigenvalue weighted by molar-refractivity contribution is 7.80. The number of pyridine rings is 1. The van der Waals surface area contributed by atoms with Crippen LogP contribution in [0.2, 0.25) is 0 Å². The van der Waals surface area contributed by atoms with Gasteiger partial charge < -0.3 is 10.6 Å². The molecule has 0 aliphatic heterocycles. The largest absolute Gasteiger partial charge is 0.389 e. The van der Waals surface area contributed by atoms with Crippen LogP contribution in [0.3, 0.4) is 0 Å². The van der Waals surface area contributed by atoms with E-state index in [9.17, 15) is 4.39 Å². The van der Waals surface area contributed by atoms with E-state index in [1.807, 2.05) is 31.0 Å². The maximum absolute atomic E-state index is 12.9. The predicted molar refractivity (Wildman–Crippen MR) is 83.4 cm³/mol. The summed E-state index contributed by atoms with van der Waals surface area (Å²) in [6.45, 7) is 2.52. The number of rotatable bonds is 4. The molecule has 0 unspecified atom stereocenters. The van der Waals surface area contributed by atoms with E-state index in [0.717, 1.165) is 22.6 Å². The van der Waals surface area contributed by atoms with Crippen LogP contribution in [0.1, 0.15) is 16.8 Å². The van der Waals surface area contributed by atoms with E-state index in [1.165, 1.54) is 12.1 Å². The molecular weight excluding hydrogens is 273 g/mol. The summed E-state index contributed by atoms with van der Waals surface area (Å²) in [6.07, 6.45) is 0. The van der Waals surface area contributed by atoms with Crippen molar-refractivity contribution in [3.8, 4) is 0 Å². The fourth-order valence-electron chi connectivity index (χ4n) is 1.96. The van der Waals surface area contributed by atoms with Crippen LogP contribution in [0.5, 0.6) is 0 Å². The first-order chi connectivity index (χ1) is 9.47. The van der Waals surface area contributed by atoms with Gasteiger partial charge in [-0.3, -0.25) is 0 Å². The molecule has 0 amide bonds. The molecule has 2 aromatic rings. The highest BCUT2D eigenvalue weighted by atomic mass is 32.1. The van der Waals surface area contributed by atoms with Crippen LogP contribution in [-0.4, -0.2) is 17.0 Å². The van der Waals surface area contributed by atoms with E-state index >= 15 is 0 Å². The average Bonchev–Trinajstić information content (AvgIpc) is 2.41. The topological polar surface area (TPSA) is 42.1 Å². The monoisotopic (exact) mass is 289 g/mol. The molecule has 104 valence electrons. The van der Waals surface area contributed by atoms with Crippen LogP contribution < -0.4 is 10.6 Å². The van der Waals surface area contributed by atoms with Crippen molar-refractivity contribution in [1.29, 1.82) is 0 Å². The predicted octanol–water partition coefficient (Wildman–Crippen LogP) is 2.80. The number of hydrogen-bond donors (Lipinski definition) is 1. The summed E-state index contributed by atoms with van der Waals surface area (Å²) in [5, 5.41) is 0. The molecule has 0 spiro atoms. The molecule has 1 aromatic carbocycles. The Hall–Kier alpha value is -2.01. The van der Waals surface area contributed by atoms with Gasteiger partial charge in [0.2, 0.25) is 0 Å². The van der Waals surface area contributed by atoms with E-state index in [1.54, 1.807) is 12.1 Å². The van der Waals surface area contributed by atoms with Gasteiger partial charge in [0.05, 0.1) is 5.56 Å². The van der Waals surface area contributed by atoms with Crippen molar-refractivity contribution >= 4 is 23.0 Å². The number of hydrogen-bond acceptors (Lipinski definition) is 3. The quantitative estimate of drug-likeness (QED) is 0.879. The van der Waals surface area contributed by atoms with E-state index in [4.69, 9.17) is 18.0 Å². The summed E-state index contributed by atoms with van der Waals surface area (Å²) >= 11 is 5.06. The minimum absolute atomic E-state index is 0.242. The van der Waals surface area contributed by atoms with Gasteiger partial charge in [0, 0.05) is 19.3 Å². The second kappa shape index (κ2) is 5.96. The van der Waals surface area contributed by atoms with Crippen LogP contribution >= 0.6 is 12.2 Å². The van der Waals surface area contributed by atoms with E-state index in [-0.39, 0.29) is 5.82 Å². The summed E-state index contributed by atoms with van der Waals surface area (Å²) in [7, 11) is 1.91. The Balaban J connectivity index is 2.28. The molecule has 1 heterocycles. The Morgan fingerprint density at radius 3 is 2.50 bits per heavy atom. The Morgan fingerprint density at radius 2 is 1.90 bits per heavy atom. The Labute approximate surface area is 123 Å². The lowest BCUT2D eigenvalue weighted by Gasteiger charge is -2.21. The zero-order valence-corrected chi connectivity index (χ0v) is 12.2. The third-order valence-electron chi connectivity index (χ3n) is 2.97. The number of nitrogens with zero attached hydrogens (tertiary/aromatic N) is 2. The SMILES string of the molecule is Cc1ccc(C(N)=S)c(N(C)Cc2ccc(F)cc2)n1. The molecule has 0 saturated carbocycles. The number of anilines is 1. The third kappa shape index (κ3) is 3.30. The summed E-state index contributed by atoms with van der Waals surface area (Å²) in [5.74, 6) is 0.496. The van der Waals surface area contributed by atoms with Gasteiger partial charge in [0.15, 0.2) is 0 Å². The normalized spacial score (nSPS) is 10.3. The number of thiocarbonyl (C=S) groups is 1. The summed E-state index contributed by atoms with van der Waals surface area (Å²) in [6, 6.07) is 10.2. The smallest absolute Gasteiger partial charge is 0.139 e. The van der Waals surface area contributed by atoms with Gasteiger partial charge in [0.1, 0.15) is 16.6 Å². The zero-order valence-electron chi connectivity index (χ0n) is 11.4. The molecular formula is C15H16FN3S. The number of halogens is 1. The third-order valence-corrected chi connectivity index (χ3v) is 3.19. The van der Waals surface area contributed by atoms with Crippen molar-refractivity contribution in [2.45, 2.75) is 13.5 Å². The Kier molecular flexibility index (Phi) is 4.29. The number of aryl methyl sites for hydroxylation is 1. The van der Waals surface area contributed by atoms with Gasteiger partial charge in [-0.2, -0.15) is 0 Å². The summed E-state index contributed by atoms with van der Waals surface area (Å²) in [5.41, 5.74) is 8.36. The second-order valence-corrected chi connectivity index (χ2v) is 5.11. The van der Waals surface area contributed by atoms with Gasteiger partial charge in [-0.15, -0.1) is 0 Å². The van der Waals surface area contributed by atoms with Gasteiger partial charge >= 0.3 is 0 Å². The fraction of sp³-hybridized carbons (Fsp3) is 0.200. The van der Waals surface area contributed by atoms with Crippen LogP contribution in [0.25, 0.3) is 0 Å². The van der Waals surface area contributed by atoms with Gasteiger partial charge in [-0.05, 0) is 36.8 Å². The van der Waals surface area contributed by atoms with Crippen LogP contribution in [0.15, 0.2) is 36.4 Å². The van der Waals surface area contributed by atoms with Crippen LogP contribution in [-0.2, 0) is 6.54 Å². The highest BCUT2D eigenvalue weighted by Gasteiger charge is 2.12.